The number of hydrogen-bond acceptors (Lipinski definition) is 7. The highest BCUT2D eigenvalue weighted by Gasteiger charge is 2.56. The Labute approximate surface area is 163 Å². The standard InChI is InChI=1S/C19H25N5O4/c1-12-6-4-7-13(10-12)22-8-5-9-23-15-16(20-18(22)23)21(2)19(27)24(17(15)26)11-14(25)28-3/h4,6-7,10,15-16,18,20H,5,8-9,11H2,1-3H3. The Morgan fingerprint density at radius 3 is 2.79 bits per heavy atom. The van der Waals surface area contributed by atoms with E-state index in [1.165, 1.54) is 12.0 Å². The van der Waals surface area contributed by atoms with Crippen LogP contribution in [0.2, 0.25) is 0 Å². The predicted molar refractivity (Wildman–Crippen MR) is 101 cm³/mol. The summed E-state index contributed by atoms with van der Waals surface area (Å²) in [6, 6.07) is 7.21. The number of carbonyl (C=O) groups is 3. The third-order valence-corrected chi connectivity index (χ3v) is 5.72. The summed E-state index contributed by atoms with van der Waals surface area (Å²) in [5, 5.41) is 3.45. The average Bonchev–Trinajstić information content (AvgIpc) is 3.09. The quantitative estimate of drug-likeness (QED) is 0.740. The van der Waals surface area contributed by atoms with Crippen LogP contribution in [-0.4, -0.2) is 84.9 Å². The van der Waals surface area contributed by atoms with Gasteiger partial charge in [-0.3, -0.25) is 24.7 Å². The van der Waals surface area contributed by atoms with Crippen molar-refractivity contribution in [3.8, 4) is 0 Å². The molecular formula is C19H25N5O4. The molecule has 0 radical (unpaired) electrons. The van der Waals surface area contributed by atoms with Gasteiger partial charge in [-0.1, -0.05) is 12.1 Å². The van der Waals surface area contributed by atoms with Gasteiger partial charge in [0.25, 0.3) is 5.91 Å². The molecule has 0 saturated carbocycles. The summed E-state index contributed by atoms with van der Waals surface area (Å²) in [5.41, 5.74) is 2.24. The first-order valence-electron chi connectivity index (χ1n) is 9.42. The number of nitrogens with one attached hydrogen (secondary N) is 1. The monoisotopic (exact) mass is 387 g/mol. The molecule has 1 N–H and O–H groups in total. The van der Waals surface area contributed by atoms with Gasteiger partial charge in [-0.15, -0.1) is 0 Å². The van der Waals surface area contributed by atoms with Crippen LogP contribution in [-0.2, 0) is 14.3 Å². The van der Waals surface area contributed by atoms with Crippen LogP contribution in [0.15, 0.2) is 24.3 Å². The Bertz CT molecular complexity index is 815. The number of nitrogens with zero attached hydrogens (tertiary/aromatic N) is 4. The first-order chi connectivity index (χ1) is 13.4. The van der Waals surface area contributed by atoms with E-state index in [2.05, 4.69) is 32.0 Å². The smallest absolute Gasteiger partial charge is 0.328 e. The van der Waals surface area contributed by atoms with E-state index in [-0.39, 0.29) is 18.7 Å². The van der Waals surface area contributed by atoms with E-state index in [1.54, 1.807) is 7.05 Å². The molecular weight excluding hydrogens is 362 g/mol. The van der Waals surface area contributed by atoms with Crippen molar-refractivity contribution in [2.24, 2.45) is 0 Å². The predicted octanol–water partition coefficient (Wildman–Crippen LogP) is 0.156. The number of methoxy groups -OCH3 is 1. The molecule has 9 heteroatoms. The third kappa shape index (κ3) is 2.91. The summed E-state index contributed by atoms with van der Waals surface area (Å²) in [7, 11) is 2.89. The molecule has 1 aromatic carbocycles. The number of esters is 1. The second kappa shape index (κ2) is 7.06. The van der Waals surface area contributed by atoms with E-state index < -0.39 is 24.2 Å². The lowest BCUT2D eigenvalue weighted by atomic mass is 10.1. The zero-order valence-electron chi connectivity index (χ0n) is 16.3. The van der Waals surface area contributed by atoms with Gasteiger partial charge in [0.05, 0.1) is 7.11 Å². The van der Waals surface area contributed by atoms with E-state index in [0.29, 0.717) is 0 Å². The van der Waals surface area contributed by atoms with Crippen LogP contribution in [0, 0.1) is 6.92 Å². The highest BCUT2D eigenvalue weighted by atomic mass is 16.5. The zero-order chi connectivity index (χ0) is 20.0. The van der Waals surface area contributed by atoms with Gasteiger partial charge in [0, 0.05) is 25.8 Å². The van der Waals surface area contributed by atoms with Crippen molar-refractivity contribution in [3.63, 3.8) is 0 Å². The Balaban J connectivity index is 1.64. The molecule has 0 aliphatic carbocycles. The molecule has 3 saturated heterocycles. The third-order valence-electron chi connectivity index (χ3n) is 5.72. The van der Waals surface area contributed by atoms with Gasteiger partial charge < -0.3 is 14.5 Å². The van der Waals surface area contributed by atoms with Crippen LogP contribution >= 0.6 is 0 Å². The first kappa shape index (κ1) is 18.7. The Hall–Kier alpha value is -2.65. The molecule has 0 bridgehead atoms. The molecule has 4 rings (SSSR count). The summed E-state index contributed by atoms with van der Waals surface area (Å²) in [4.78, 5) is 44.3. The van der Waals surface area contributed by atoms with Gasteiger partial charge in [-0.2, -0.15) is 0 Å². The topological polar surface area (TPSA) is 85.4 Å². The maximum absolute atomic E-state index is 13.1. The number of aryl methyl sites for hydroxylation is 1. The number of fused-ring (bicyclic) bond motifs is 3. The summed E-state index contributed by atoms with van der Waals surface area (Å²) < 4.78 is 4.65. The largest absolute Gasteiger partial charge is 0.468 e. The summed E-state index contributed by atoms with van der Waals surface area (Å²) >= 11 is 0. The fraction of sp³-hybridized carbons (Fsp3) is 0.526. The maximum Gasteiger partial charge on any atom is 0.328 e. The summed E-state index contributed by atoms with van der Waals surface area (Å²) in [6.07, 6.45) is 0.268. The minimum atomic E-state index is -0.615. The second-order valence-electron chi connectivity index (χ2n) is 7.45. The van der Waals surface area contributed by atoms with Crippen LogP contribution in [0.3, 0.4) is 0 Å². The zero-order valence-corrected chi connectivity index (χ0v) is 16.3. The number of imide groups is 1. The van der Waals surface area contributed by atoms with E-state index in [9.17, 15) is 14.4 Å². The van der Waals surface area contributed by atoms with Gasteiger partial charge in [-0.25, -0.2) is 4.79 Å². The molecule has 28 heavy (non-hydrogen) atoms. The maximum atomic E-state index is 13.1. The number of carbonyl (C=O) groups excluding carboxylic acids is 3. The van der Waals surface area contributed by atoms with Crippen LogP contribution in [0.4, 0.5) is 10.5 Å². The molecule has 9 nitrogen and oxygen atoms in total. The molecule has 3 fully saturated rings. The molecule has 1 aromatic rings. The summed E-state index contributed by atoms with van der Waals surface area (Å²) in [6.45, 7) is 3.27. The van der Waals surface area contributed by atoms with Crippen molar-refractivity contribution in [3.05, 3.63) is 29.8 Å². The molecule has 3 heterocycles. The normalized spacial score (nSPS) is 27.7. The van der Waals surface area contributed by atoms with Crippen LogP contribution in [0.1, 0.15) is 12.0 Å². The van der Waals surface area contributed by atoms with Crippen molar-refractivity contribution >= 4 is 23.6 Å². The highest BCUT2D eigenvalue weighted by Crippen LogP contribution is 2.33. The number of likely N-dealkylation sites (N-methyl/N-ethyl adjacent to an activating group) is 1. The van der Waals surface area contributed by atoms with E-state index in [4.69, 9.17) is 0 Å². The summed E-state index contributed by atoms with van der Waals surface area (Å²) in [5.74, 6) is -0.976. The molecule has 3 aliphatic heterocycles. The SMILES string of the molecule is COC(=O)CN1C(=O)C2C(NC3N(c4cccc(C)c4)CCCN23)N(C)C1=O. The Morgan fingerprint density at radius 2 is 2.07 bits per heavy atom. The molecule has 3 unspecified atom stereocenters. The minimum absolute atomic E-state index is 0.192. The number of ether oxygens (including phenoxy) is 1. The number of anilines is 1. The van der Waals surface area contributed by atoms with Gasteiger partial charge >= 0.3 is 12.0 Å². The minimum Gasteiger partial charge on any atom is -0.468 e. The lowest BCUT2D eigenvalue weighted by Gasteiger charge is -2.43. The molecule has 150 valence electrons. The number of hydrogen-bond donors (Lipinski definition) is 1. The molecule has 0 spiro atoms. The number of urea groups is 1. The Kier molecular flexibility index (Phi) is 4.72. The van der Waals surface area contributed by atoms with Gasteiger partial charge in [-0.05, 0) is 31.0 Å². The lowest BCUT2D eigenvalue weighted by molar-refractivity contribution is -0.149. The van der Waals surface area contributed by atoms with Gasteiger partial charge in [0.2, 0.25) is 0 Å². The number of rotatable bonds is 3. The van der Waals surface area contributed by atoms with Crippen molar-refractivity contribution in [2.75, 3.05) is 38.7 Å². The van der Waals surface area contributed by atoms with Crippen molar-refractivity contribution in [1.82, 2.24) is 20.0 Å². The van der Waals surface area contributed by atoms with Crippen molar-refractivity contribution < 1.29 is 19.1 Å². The van der Waals surface area contributed by atoms with Crippen molar-refractivity contribution in [1.29, 1.82) is 0 Å². The van der Waals surface area contributed by atoms with Crippen LogP contribution in [0.25, 0.3) is 0 Å². The number of amides is 3. The average molecular weight is 387 g/mol. The van der Waals surface area contributed by atoms with Gasteiger partial charge in [0.15, 0.2) is 0 Å². The van der Waals surface area contributed by atoms with Gasteiger partial charge in [0.1, 0.15) is 25.0 Å². The van der Waals surface area contributed by atoms with E-state index in [1.807, 2.05) is 19.1 Å². The fourth-order valence-corrected chi connectivity index (χ4v) is 4.33. The molecule has 3 aliphatic rings. The lowest BCUT2D eigenvalue weighted by Crippen LogP contribution is -2.67. The highest BCUT2D eigenvalue weighted by molar-refractivity contribution is 6.02. The van der Waals surface area contributed by atoms with Crippen LogP contribution in [0.5, 0.6) is 0 Å². The fourth-order valence-electron chi connectivity index (χ4n) is 4.33. The molecule has 0 aromatic heterocycles. The number of benzene rings is 1. The molecule has 3 atom stereocenters. The Morgan fingerprint density at radius 1 is 1.29 bits per heavy atom. The second-order valence-corrected chi connectivity index (χ2v) is 7.45. The van der Waals surface area contributed by atoms with E-state index >= 15 is 0 Å². The first-order valence-corrected chi connectivity index (χ1v) is 9.42. The van der Waals surface area contributed by atoms with E-state index in [0.717, 1.165) is 35.7 Å². The van der Waals surface area contributed by atoms with Crippen molar-refractivity contribution in [2.45, 2.75) is 31.8 Å². The molecule has 3 amide bonds. The van der Waals surface area contributed by atoms with Crippen LogP contribution < -0.4 is 10.2 Å².